The largest absolute Gasteiger partial charge is 0.491 e. The van der Waals surface area contributed by atoms with Crippen LogP contribution in [0.15, 0.2) is 48.5 Å². The number of benzene rings is 2. The zero-order chi connectivity index (χ0) is 15.8. The first kappa shape index (κ1) is 16.5. The van der Waals surface area contributed by atoms with Crippen LogP contribution in [0.5, 0.6) is 5.75 Å². The van der Waals surface area contributed by atoms with E-state index in [1.54, 1.807) is 7.11 Å². The van der Waals surface area contributed by atoms with Gasteiger partial charge in [-0.25, -0.2) is 0 Å². The Morgan fingerprint density at radius 2 is 1.77 bits per heavy atom. The molecular weight excluding hydrogens is 274 g/mol. The van der Waals surface area contributed by atoms with Crippen molar-refractivity contribution in [1.82, 2.24) is 5.32 Å². The second-order valence-electron chi connectivity index (χ2n) is 5.42. The van der Waals surface area contributed by atoms with Gasteiger partial charge in [0.25, 0.3) is 0 Å². The Balaban J connectivity index is 2.04. The molecular formula is C19H25NO2. The first-order valence-corrected chi connectivity index (χ1v) is 7.68. The van der Waals surface area contributed by atoms with Gasteiger partial charge < -0.3 is 14.8 Å². The average molecular weight is 299 g/mol. The molecule has 0 aliphatic carbocycles. The van der Waals surface area contributed by atoms with Crippen LogP contribution >= 0.6 is 0 Å². The molecule has 0 radical (unpaired) electrons. The monoisotopic (exact) mass is 299 g/mol. The molecule has 2 rings (SSSR count). The van der Waals surface area contributed by atoms with E-state index in [1.165, 1.54) is 16.7 Å². The molecule has 22 heavy (non-hydrogen) atoms. The predicted molar refractivity (Wildman–Crippen MR) is 90.5 cm³/mol. The van der Waals surface area contributed by atoms with Gasteiger partial charge in [0.2, 0.25) is 0 Å². The van der Waals surface area contributed by atoms with Crippen LogP contribution in [-0.2, 0) is 4.74 Å². The predicted octanol–water partition coefficient (Wildman–Crippen LogP) is 3.66. The molecule has 2 aromatic rings. The van der Waals surface area contributed by atoms with Crippen LogP contribution in [0.25, 0.3) is 0 Å². The topological polar surface area (TPSA) is 30.5 Å². The van der Waals surface area contributed by atoms with Crippen LogP contribution in [0.4, 0.5) is 0 Å². The van der Waals surface area contributed by atoms with Gasteiger partial charge in [-0.05, 0) is 36.6 Å². The third-order valence-corrected chi connectivity index (χ3v) is 3.86. The number of hydrogen-bond donors (Lipinski definition) is 1. The van der Waals surface area contributed by atoms with Gasteiger partial charge in [0.05, 0.1) is 12.6 Å². The van der Waals surface area contributed by atoms with Gasteiger partial charge in [0.1, 0.15) is 12.4 Å². The highest BCUT2D eigenvalue weighted by molar-refractivity contribution is 5.38. The molecule has 0 aromatic heterocycles. The number of nitrogens with one attached hydrogen (secondary N) is 1. The summed E-state index contributed by atoms with van der Waals surface area (Å²) < 4.78 is 11.2. The van der Waals surface area contributed by atoms with Crippen molar-refractivity contribution in [2.75, 3.05) is 26.9 Å². The molecule has 3 heteroatoms. The molecule has 0 bridgehead atoms. The Morgan fingerprint density at radius 3 is 2.50 bits per heavy atom. The molecule has 3 nitrogen and oxygen atoms in total. The molecule has 0 aliphatic heterocycles. The summed E-state index contributed by atoms with van der Waals surface area (Å²) in [5, 5.41) is 3.49. The van der Waals surface area contributed by atoms with E-state index in [4.69, 9.17) is 9.47 Å². The second kappa shape index (κ2) is 8.57. The normalized spacial score (nSPS) is 12.1. The van der Waals surface area contributed by atoms with Crippen molar-refractivity contribution in [3.05, 3.63) is 65.2 Å². The molecule has 118 valence electrons. The van der Waals surface area contributed by atoms with E-state index in [9.17, 15) is 0 Å². The summed E-state index contributed by atoms with van der Waals surface area (Å²) in [6, 6.07) is 16.7. The van der Waals surface area contributed by atoms with E-state index in [1.807, 2.05) is 18.2 Å². The third kappa shape index (κ3) is 4.58. The van der Waals surface area contributed by atoms with Gasteiger partial charge >= 0.3 is 0 Å². The van der Waals surface area contributed by atoms with Crippen LogP contribution in [-0.4, -0.2) is 26.9 Å². The summed E-state index contributed by atoms with van der Waals surface area (Å²) in [7, 11) is 1.71. The van der Waals surface area contributed by atoms with E-state index in [-0.39, 0.29) is 6.04 Å². The summed E-state index contributed by atoms with van der Waals surface area (Å²) in [6.45, 7) is 6.28. The van der Waals surface area contributed by atoms with Crippen LogP contribution in [0.3, 0.4) is 0 Å². The minimum Gasteiger partial charge on any atom is -0.491 e. The molecule has 1 unspecified atom stereocenters. The second-order valence-corrected chi connectivity index (χ2v) is 5.42. The maximum atomic E-state index is 6.06. The molecule has 0 saturated carbocycles. The smallest absolute Gasteiger partial charge is 0.122 e. The van der Waals surface area contributed by atoms with Gasteiger partial charge in [-0.1, -0.05) is 42.5 Å². The number of hydrogen-bond acceptors (Lipinski definition) is 3. The van der Waals surface area contributed by atoms with Crippen LogP contribution < -0.4 is 10.1 Å². The van der Waals surface area contributed by atoms with Crippen molar-refractivity contribution in [2.45, 2.75) is 19.9 Å². The van der Waals surface area contributed by atoms with E-state index in [0.29, 0.717) is 13.2 Å². The zero-order valence-corrected chi connectivity index (χ0v) is 13.6. The van der Waals surface area contributed by atoms with Crippen molar-refractivity contribution in [3.63, 3.8) is 0 Å². The van der Waals surface area contributed by atoms with Crippen LogP contribution in [0.1, 0.15) is 22.7 Å². The Labute approximate surface area is 133 Å². The van der Waals surface area contributed by atoms with Crippen molar-refractivity contribution < 1.29 is 9.47 Å². The lowest BCUT2D eigenvalue weighted by Crippen LogP contribution is -2.29. The van der Waals surface area contributed by atoms with Gasteiger partial charge in [-0.3, -0.25) is 0 Å². The van der Waals surface area contributed by atoms with E-state index in [0.717, 1.165) is 12.3 Å². The maximum absolute atomic E-state index is 6.06. The number of ether oxygens (including phenoxy) is 2. The van der Waals surface area contributed by atoms with Gasteiger partial charge in [0.15, 0.2) is 0 Å². The first-order chi connectivity index (χ1) is 10.7. The zero-order valence-electron chi connectivity index (χ0n) is 13.6. The highest BCUT2D eigenvalue weighted by atomic mass is 16.5. The van der Waals surface area contributed by atoms with Crippen molar-refractivity contribution in [2.24, 2.45) is 0 Å². The molecule has 0 aliphatic rings. The molecule has 1 atom stereocenters. The van der Waals surface area contributed by atoms with Crippen molar-refractivity contribution in [1.29, 1.82) is 0 Å². The lowest BCUT2D eigenvalue weighted by atomic mass is 10.1. The standard InChI is InChI=1S/C19H25NO2/c1-15-8-7-11-19(16(15)2)22-14-18(20-12-13-21-3)17-9-5-4-6-10-17/h4-11,18,20H,12-14H2,1-3H3. The Morgan fingerprint density at radius 1 is 1.00 bits per heavy atom. The molecule has 0 heterocycles. The van der Waals surface area contributed by atoms with Gasteiger partial charge in [0, 0.05) is 13.7 Å². The van der Waals surface area contributed by atoms with Crippen LogP contribution in [0.2, 0.25) is 0 Å². The summed E-state index contributed by atoms with van der Waals surface area (Å²) in [5.41, 5.74) is 3.68. The average Bonchev–Trinajstić information content (AvgIpc) is 2.55. The fourth-order valence-corrected chi connectivity index (χ4v) is 2.35. The van der Waals surface area contributed by atoms with E-state index < -0.39 is 0 Å². The number of rotatable bonds is 8. The summed E-state index contributed by atoms with van der Waals surface area (Å²) in [6.07, 6.45) is 0. The van der Waals surface area contributed by atoms with Crippen LogP contribution in [0, 0.1) is 13.8 Å². The van der Waals surface area contributed by atoms with E-state index >= 15 is 0 Å². The molecule has 2 aromatic carbocycles. The highest BCUT2D eigenvalue weighted by Gasteiger charge is 2.12. The Bertz CT molecular complexity index is 569. The fraction of sp³-hybridized carbons (Fsp3) is 0.368. The van der Waals surface area contributed by atoms with Crippen molar-refractivity contribution in [3.8, 4) is 5.75 Å². The van der Waals surface area contributed by atoms with Crippen molar-refractivity contribution >= 4 is 0 Å². The molecule has 0 spiro atoms. The highest BCUT2D eigenvalue weighted by Crippen LogP contribution is 2.22. The lowest BCUT2D eigenvalue weighted by Gasteiger charge is -2.21. The first-order valence-electron chi connectivity index (χ1n) is 7.68. The summed E-state index contributed by atoms with van der Waals surface area (Å²) in [5.74, 6) is 0.953. The summed E-state index contributed by atoms with van der Waals surface area (Å²) in [4.78, 5) is 0. The molecule has 0 saturated heterocycles. The number of methoxy groups -OCH3 is 1. The summed E-state index contributed by atoms with van der Waals surface area (Å²) >= 11 is 0. The molecule has 0 fully saturated rings. The quantitative estimate of drug-likeness (QED) is 0.755. The number of aryl methyl sites for hydroxylation is 1. The lowest BCUT2D eigenvalue weighted by molar-refractivity contribution is 0.187. The third-order valence-electron chi connectivity index (χ3n) is 3.86. The minimum atomic E-state index is 0.149. The maximum Gasteiger partial charge on any atom is 0.122 e. The fourth-order valence-electron chi connectivity index (χ4n) is 2.35. The van der Waals surface area contributed by atoms with Gasteiger partial charge in [-0.2, -0.15) is 0 Å². The Hall–Kier alpha value is -1.84. The van der Waals surface area contributed by atoms with E-state index in [2.05, 4.69) is 49.5 Å². The Kier molecular flexibility index (Phi) is 6.44. The SMILES string of the molecule is COCCNC(COc1cccc(C)c1C)c1ccccc1. The molecule has 1 N–H and O–H groups in total. The minimum absolute atomic E-state index is 0.149. The van der Waals surface area contributed by atoms with Gasteiger partial charge in [-0.15, -0.1) is 0 Å². The molecule has 0 amide bonds.